The van der Waals surface area contributed by atoms with Crippen LogP contribution in [0.3, 0.4) is 0 Å². The van der Waals surface area contributed by atoms with E-state index in [9.17, 15) is 0 Å². The van der Waals surface area contributed by atoms with E-state index in [1.807, 2.05) is 11.8 Å². The zero-order valence-corrected chi connectivity index (χ0v) is 9.50. The van der Waals surface area contributed by atoms with Gasteiger partial charge in [-0.2, -0.15) is 11.8 Å². The van der Waals surface area contributed by atoms with Crippen molar-refractivity contribution in [2.75, 3.05) is 11.6 Å². The number of rotatable bonds is 5. The summed E-state index contributed by atoms with van der Waals surface area (Å²) in [7, 11) is 0. The summed E-state index contributed by atoms with van der Waals surface area (Å²) in [6, 6.07) is 8.55. The summed E-state index contributed by atoms with van der Waals surface area (Å²) < 4.78 is 0. The molecule has 0 nitrogen and oxygen atoms in total. The van der Waals surface area contributed by atoms with Crippen LogP contribution in [0.25, 0.3) is 0 Å². The summed E-state index contributed by atoms with van der Waals surface area (Å²) in [5, 5.41) is 0. The van der Waals surface area contributed by atoms with E-state index >= 15 is 0 Å². The van der Waals surface area contributed by atoms with Gasteiger partial charge in [0.1, 0.15) is 0 Å². The molecule has 0 aliphatic rings. The van der Waals surface area contributed by atoms with Gasteiger partial charge in [-0.05, 0) is 30.2 Å². The minimum Gasteiger partial charge on any atom is -0.157 e. The van der Waals surface area contributed by atoms with Crippen LogP contribution in [0, 0.1) is 6.92 Å². The molecule has 0 saturated carbocycles. The molecule has 0 aliphatic carbocycles. The Morgan fingerprint density at radius 2 is 2.08 bits per heavy atom. The molecule has 13 heavy (non-hydrogen) atoms. The summed E-state index contributed by atoms with van der Waals surface area (Å²) in [5.74, 6) is 3.06. The van der Waals surface area contributed by atoms with E-state index in [2.05, 4.69) is 31.2 Å². The fourth-order valence-corrected chi connectivity index (χ4v) is 2.44. The van der Waals surface area contributed by atoms with Crippen LogP contribution in [-0.2, 0) is 5.75 Å². The second-order valence-corrected chi connectivity index (χ2v) is 4.50. The lowest BCUT2D eigenvalue weighted by Crippen LogP contribution is -1.87. The Balaban J connectivity index is 2.32. The Kier molecular flexibility index (Phi) is 5.33. The van der Waals surface area contributed by atoms with Gasteiger partial charge in [0, 0.05) is 11.6 Å². The molecular weight excluding hydrogens is 200 g/mol. The summed E-state index contributed by atoms with van der Waals surface area (Å²) in [4.78, 5) is 0. The quantitative estimate of drug-likeness (QED) is 0.530. The van der Waals surface area contributed by atoms with E-state index in [1.54, 1.807) is 0 Å². The molecule has 0 saturated heterocycles. The van der Waals surface area contributed by atoms with Crippen LogP contribution in [0.2, 0.25) is 0 Å². The molecule has 2 heteroatoms. The molecule has 0 aromatic heterocycles. The highest BCUT2D eigenvalue weighted by molar-refractivity contribution is 7.98. The van der Waals surface area contributed by atoms with Crippen LogP contribution >= 0.6 is 23.4 Å². The lowest BCUT2D eigenvalue weighted by Gasteiger charge is -2.04. The number of alkyl halides is 1. The van der Waals surface area contributed by atoms with Gasteiger partial charge in [-0.1, -0.05) is 24.3 Å². The summed E-state index contributed by atoms with van der Waals surface area (Å²) >= 11 is 7.56. The molecule has 0 aliphatic heterocycles. The van der Waals surface area contributed by atoms with Gasteiger partial charge in [-0.15, -0.1) is 11.6 Å². The first-order valence-corrected chi connectivity index (χ1v) is 6.21. The molecule has 0 atom stereocenters. The molecule has 0 N–H and O–H groups in total. The molecule has 0 fully saturated rings. The van der Waals surface area contributed by atoms with Crippen LogP contribution in [-0.4, -0.2) is 11.6 Å². The zero-order chi connectivity index (χ0) is 9.52. The fraction of sp³-hybridized carbons (Fsp3) is 0.455. The molecule has 1 rings (SSSR count). The average molecular weight is 215 g/mol. The molecule has 0 bridgehead atoms. The lowest BCUT2D eigenvalue weighted by molar-refractivity contribution is 1.11. The Hall–Kier alpha value is -0.140. The van der Waals surface area contributed by atoms with E-state index in [1.165, 1.54) is 11.1 Å². The van der Waals surface area contributed by atoms with Crippen molar-refractivity contribution in [3.05, 3.63) is 35.4 Å². The third-order valence-electron chi connectivity index (χ3n) is 1.94. The molecule has 0 heterocycles. The van der Waals surface area contributed by atoms with E-state index in [-0.39, 0.29) is 0 Å². The van der Waals surface area contributed by atoms with Crippen molar-refractivity contribution in [2.24, 2.45) is 0 Å². The van der Waals surface area contributed by atoms with Gasteiger partial charge in [0.15, 0.2) is 0 Å². The average Bonchev–Trinajstić information content (AvgIpc) is 2.15. The van der Waals surface area contributed by atoms with Gasteiger partial charge >= 0.3 is 0 Å². The second-order valence-electron chi connectivity index (χ2n) is 3.02. The van der Waals surface area contributed by atoms with E-state index in [0.29, 0.717) is 0 Å². The van der Waals surface area contributed by atoms with Gasteiger partial charge in [0.2, 0.25) is 0 Å². The summed E-state index contributed by atoms with van der Waals surface area (Å²) in [5.41, 5.74) is 2.84. The smallest absolute Gasteiger partial charge is 0.0231 e. The number of aryl methyl sites for hydroxylation is 1. The van der Waals surface area contributed by atoms with Gasteiger partial charge < -0.3 is 0 Å². The van der Waals surface area contributed by atoms with Crippen LogP contribution in [0.4, 0.5) is 0 Å². The third-order valence-corrected chi connectivity index (χ3v) is 3.30. The normalized spacial score (nSPS) is 10.3. The minimum atomic E-state index is 0.779. The number of thioether (sulfide) groups is 1. The largest absolute Gasteiger partial charge is 0.157 e. The Labute approximate surface area is 89.7 Å². The predicted octanol–water partition coefficient (Wildman–Crippen LogP) is 3.86. The minimum absolute atomic E-state index is 0.779. The Morgan fingerprint density at radius 3 is 2.77 bits per heavy atom. The van der Waals surface area contributed by atoms with Crippen LogP contribution in [0.15, 0.2) is 24.3 Å². The number of hydrogen-bond acceptors (Lipinski definition) is 1. The van der Waals surface area contributed by atoms with Crippen LogP contribution in [0.1, 0.15) is 17.5 Å². The summed E-state index contributed by atoms with van der Waals surface area (Å²) in [6.07, 6.45) is 1.11. The standard InChI is InChI=1S/C11H15ClS/c1-10-5-2-3-6-11(10)9-13-8-4-7-12/h2-3,5-6H,4,7-9H2,1H3. The number of hydrogen-bond donors (Lipinski definition) is 0. The highest BCUT2D eigenvalue weighted by Crippen LogP contribution is 2.16. The van der Waals surface area contributed by atoms with Crippen molar-refractivity contribution in [1.29, 1.82) is 0 Å². The summed E-state index contributed by atoms with van der Waals surface area (Å²) in [6.45, 7) is 2.16. The molecule has 0 spiro atoms. The van der Waals surface area contributed by atoms with Crippen molar-refractivity contribution in [3.63, 3.8) is 0 Å². The van der Waals surface area contributed by atoms with Gasteiger partial charge in [-0.3, -0.25) is 0 Å². The third kappa shape index (κ3) is 4.06. The molecule has 72 valence electrons. The lowest BCUT2D eigenvalue weighted by atomic mass is 10.1. The molecule has 0 radical (unpaired) electrons. The first-order chi connectivity index (χ1) is 6.34. The predicted molar refractivity (Wildman–Crippen MR) is 62.7 cm³/mol. The Morgan fingerprint density at radius 1 is 1.31 bits per heavy atom. The van der Waals surface area contributed by atoms with Crippen LogP contribution < -0.4 is 0 Å². The molecule has 0 amide bonds. The zero-order valence-electron chi connectivity index (χ0n) is 7.92. The van der Waals surface area contributed by atoms with Gasteiger partial charge in [0.25, 0.3) is 0 Å². The maximum atomic E-state index is 5.60. The maximum Gasteiger partial charge on any atom is 0.0231 e. The van der Waals surface area contributed by atoms with E-state index < -0.39 is 0 Å². The van der Waals surface area contributed by atoms with Crippen molar-refractivity contribution >= 4 is 23.4 Å². The van der Waals surface area contributed by atoms with Crippen LogP contribution in [0.5, 0.6) is 0 Å². The molecular formula is C11H15ClS. The monoisotopic (exact) mass is 214 g/mol. The first-order valence-electron chi connectivity index (χ1n) is 4.53. The highest BCUT2D eigenvalue weighted by Gasteiger charge is 1.96. The molecule has 1 aromatic carbocycles. The topological polar surface area (TPSA) is 0 Å². The fourth-order valence-electron chi connectivity index (χ4n) is 1.11. The molecule has 0 unspecified atom stereocenters. The van der Waals surface area contributed by atoms with Crippen molar-refractivity contribution in [3.8, 4) is 0 Å². The maximum absolute atomic E-state index is 5.60. The number of benzene rings is 1. The van der Waals surface area contributed by atoms with E-state index in [0.717, 1.165) is 23.8 Å². The van der Waals surface area contributed by atoms with Gasteiger partial charge in [0.05, 0.1) is 0 Å². The first kappa shape index (κ1) is 10.9. The van der Waals surface area contributed by atoms with Crippen molar-refractivity contribution < 1.29 is 0 Å². The SMILES string of the molecule is Cc1ccccc1CSCCCCl. The van der Waals surface area contributed by atoms with E-state index in [4.69, 9.17) is 11.6 Å². The van der Waals surface area contributed by atoms with Gasteiger partial charge in [-0.25, -0.2) is 0 Å². The Bertz CT molecular complexity index is 248. The second kappa shape index (κ2) is 6.33. The molecule has 1 aromatic rings. The van der Waals surface area contributed by atoms with Crippen molar-refractivity contribution in [2.45, 2.75) is 19.1 Å². The highest BCUT2D eigenvalue weighted by atomic mass is 35.5. The van der Waals surface area contributed by atoms with Crippen molar-refractivity contribution in [1.82, 2.24) is 0 Å². The number of halogens is 1.